The molecule has 2 aromatic carbocycles. The number of amides is 1. The van der Waals surface area contributed by atoms with Crippen molar-refractivity contribution in [2.45, 2.75) is 57.8 Å². The monoisotopic (exact) mass is 436 g/mol. The number of benzene rings is 2. The lowest BCUT2D eigenvalue weighted by Gasteiger charge is -2.33. The molecule has 1 amide bonds. The van der Waals surface area contributed by atoms with Gasteiger partial charge < -0.3 is 15.0 Å². The number of nitrogens with one attached hydrogen (secondary N) is 3. The molecular formula is C26H36N4O2. The maximum absolute atomic E-state index is 12.6. The molecule has 4 rings (SSSR count). The van der Waals surface area contributed by atoms with Crippen LogP contribution in [-0.4, -0.2) is 48.6 Å². The molecule has 2 heterocycles. The van der Waals surface area contributed by atoms with Gasteiger partial charge >= 0.3 is 0 Å². The first kappa shape index (κ1) is 22.8. The lowest BCUT2D eigenvalue weighted by Crippen LogP contribution is -2.45. The van der Waals surface area contributed by atoms with E-state index in [4.69, 9.17) is 4.74 Å². The summed E-state index contributed by atoms with van der Waals surface area (Å²) >= 11 is 0. The smallest absolute Gasteiger partial charge is 0.251 e. The maximum atomic E-state index is 12.6. The highest BCUT2D eigenvalue weighted by Gasteiger charge is 2.29. The predicted octanol–water partition coefficient (Wildman–Crippen LogP) is 3.35. The molecule has 0 aromatic heterocycles. The van der Waals surface area contributed by atoms with E-state index in [1.807, 2.05) is 54.6 Å². The van der Waals surface area contributed by atoms with Gasteiger partial charge in [0.25, 0.3) is 5.91 Å². The Balaban J connectivity index is 1.22. The van der Waals surface area contributed by atoms with Crippen LogP contribution in [0.1, 0.15) is 49.0 Å². The summed E-state index contributed by atoms with van der Waals surface area (Å²) < 4.78 is 6.24. The molecule has 0 aliphatic carbocycles. The summed E-state index contributed by atoms with van der Waals surface area (Å²) in [7, 11) is 0. The van der Waals surface area contributed by atoms with Crippen molar-refractivity contribution >= 4 is 5.91 Å². The molecule has 3 N–H and O–H groups in total. The van der Waals surface area contributed by atoms with E-state index in [1.54, 1.807) is 0 Å². The Morgan fingerprint density at radius 1 is 1.09 bits per heavy atom. The Hall–Kier alpha value is -2.41. The fourth-order valence-electron chi connectivity index (χ4n) is 4.51. The second kappa shape index (κ2) is 10.9. The first-order valence-electron chi connectivity index (χ1n) is 11.9. The van der Waals surface area contributed by atoms with E-state index >= 15 is 0 Å². The molecule has 2 atom stereocenters. The summed E-state index contributed by atoms with van der Waals surface area (Å²) in [6.45, 7) is 8.24. The van der Waals surface area contributed by atoms with Gasteiger partial charge in [0.05, 0.1) is 0 Å². The van der Waals surface area contributed by atoms with Crippen LogP contribution in [0.3, 0.4) is 0 Å². The molecule has 172 valence electrons. The summed E-state index contributed by atoms with van der Waals surface area (Å²) in [5, 5.41) is 2.98. The van der Waals surface area contributed by atoms with E-state index in [0.717, 1.165) is 43.8 Å². The van der Waals surface area contributed by atoms with Gasteiger partial charge in [-0.1, -0.05) is 50.2 Å². The minimum Gasteiger partial charge on any atom is -0.490 e. The van der Waals surface area contributed by atoms with E-state index in [1.165, 1.54) is 6.42 Å². The van der Waals surface area contributed by atoms with Gasteiger partial charge in [0.2, 0.25) is 0 Å². The Morgan fingerprint density at radius 3 is 2.59 bits per heavy atom. The highest BCUT2D eigenvalue weighted by molar-refractivity contribution is 5.94. The molecule has 2 unspecified atom stereocenters. The molecule has 6 nitrogen and oxygen atoms in total. The molecule has 2 saturated heterocycles. The molecule has 0 bridgehead atoms. The van der Waals surface area contributed by atoms with Crippen molar-refractivity contribution in [3.05, 3.63) is 65.7 Å². The molecule has 2 aliphatic rings. The molecule has 2 fully saturated rings. The third-order valence-corrected chi connectivity index (χ3v) is 6.52. The largest absolute Gasteiger partial charge is 0.490 e. The van der Waals surface area contributed by atoms with E-state index in [2.05, 4.69) is 34.9 Å². The Labute approximate surface area is 191 Å². The van der Waals surface area contributed by atoms with E-state index < -0.39 is 0 Å². The third kappa shape index (κ3) is 6.31. The Morgan fingerprint density at radius 2 is 1.88 bits per heavy atom. The van der Waals surface area contributed by atoms with Crippen LogP contribution in [0.4, 0.5) is 0 Å². The average Bonchev–Trinajstić information content (AvgIpc) is 3.29. The second-order valence-electron chi connectivity index (χ2n) is 9.39. The maximum Gasteiger partial charge on any atom is 0.251 e. The number of ether oxygens (including phenoxy) is 1. The quantitative estimate of drug-likeness (QED) is 0.592. The average molecular weight is 437 g/mol. The molecule has 6 heteroatoms. The zero-order valence-electron chi connectivity index (χ0n) is 19.2. The van der Waals surface area contributed by atoms with Gasteiger partial charge in [-0.15, -0.1) is 0 Å². The van der Waals surface area contributed by atoms with Crippen LogP contribution < -0.4 is 20.9 Å². The lowest BCUT2D eigenvalue weighted by molar-refractivity contribution is 0.0930. The summed E-state index contributed by atoms with van der Waals surface area (Å²) in [6.07, 6.45) is 3.41. The van der Waals surface area contributed by atoms with Crippen LogP contribution >= 0.6 is 0 Å². The summed E-state index contributed by atoms with van der Waals surface area (Å²) in [4.78, 5) is 15.1. The highest BCUT2D eigenvalue weighted by Crippen LogP contribution is 2.22. The first-order valence-corrected chi connectivity index (χ1v) is 11.9. The van der Waals surface area contributed by atoms with Crippen LogP contribution in [0.15, 0.2) is 54.6 Å². The molecule has 2 aromatic rings. The Bertz CT molecular complexity index is 865. The standard InChI is InChI=1S/C26H36N4O2/c1-19(2)25-16-22(28-29-25)18-30-13-11-23(12-14-30)32-24-10-6-9-21(15-24)26(31)27-17-20-7-4-3-5-8-20/h3-10,15,19,22-23,25,28-29H,11-14,16-18H2,1-2H3,(H,27,31). The lowest BCUT2D eigenvalue weighted by atomic mass is 9.99. The minimum absolute atomic E-state index is 0.0773. The molecule has 0 spiro atoms. The fraction of sp³-hybridized carbons (Fsp3) is 0.500. The fourth-order valence-corrected chi connectivity index (χ4v) is 4.51. The van der Waals surface area contributed by atoms with Crippen LogP contribution in [0, 0.1) is 5.92 Å². The SMILES string of the molecule is CC(C)C1CC(CN2CCC(Oc3cccc(C(=O)NCc4ccccc4)c3)CC2)NN1. The van der Waals surface area contributed by atoms with Crippen LogP contribution in [0.5, 0.6) is 5.75 Å². The van der Waals surface area contributed by atoms with Crippen molar-refractivity contribution in [2.75, 3.05) is 19.6 Å². The first-order chi connectivity index (χ1) is 15.6. The number of likely N-dealkylation sites (tertiary alicyclic amines) is 1. The molecule has 0 saturated carbocycles. The predicted molar refractivity (Wildman–Crippen MR) is 127 cm³/mol. The molecular weight excluding hydrogens is 400 g/mol. The normalized spacial score (nSPS) is 22.2. The number of hydrogen-bond acceptors (Lipinski definition) is 5. The minimum atomic E-state index is -0.0773. The van der Waals surface area contributed by atoms with Crippen LogP contribution in [0.25, 0.3) is 0 Å². The van der Waals surface area contributed by atoms with Gasteiger partial charge in [-0.05, 0) is 48.9 Å². The van der Waals surface area contributed by atoms with E-state index in [0.29, 0.717) is 30.1 Å². The van der Waals surface area contributed by atoms with Gasteiger partial charge in [-0.25, -0.2) is 0 Å². The third-order valence-electron chi connectivity index (χ3n) is 6.52. The van der Waals surface area contributed by atoms with Gasteiger partial charge in [-0.2, -0.15) is 0 Å². The molecule has 0 radical (unpaired) electrons. The van der Waals surface area contributed by atoms with E-state index in [9.17, 15) is 4.79 Å². The summed E-state index contributed by atoms with van der Waals surface area (Å²) in [5.41, 5.74) is 8.62. The van der Waals surface area contributed by atoms with Crippen molar-refractivity contribution in [2.24, 2.45) is 5.92 Å². The van der Waals surface area contributed by atoms with Crippen molar-refractivity contribution < 1.29 is 9.53 Å². The topological polar surface area (TPSA) is 65.6 Å². The zero-order chi connectivity index (χ0) is 22.3. The van der Waals surface area contributed by atoms with Gasteiger partial charge in [0.1, 0.15) is 11.9 Å². The van der Waals surface area contributed by atoms with Crippen molar-refractivity contribution in [3.8, 4) is 5.75 Å². The summed E-state index contributed by atoms with van der Waals surface area (Å²) in [6, 6.07) is 18.6. The number of hydrazine groups is 1. The number of nitrogens with zero attached hydrogens (tertiary/aromatic N) is 1. The molecule has 32 heavy (non-hydrogen) atoms. The van der Waals surface area contributed by atoms with Crippen LogP contribution in [-0.2, 0) is 6.54 Å². The van der Waals surface area contributed by atoms with Crippen molar-refractivity contribution in [1.29, 1.82) is 0 Å². The van der Waals surface area contributed by atoms with Crippen molar-refractivity contribution in [1.82, 2.24) is 21.1 Å². The van der Waals surface area contributed by atoms with E-state index in [-0.39, 0.29) is 12.0 Å². The summed E-state index contributed by atoms with van der Waals surface area (Å²) in [5.74, 6) is 1.35. The number of carbonyl (C=O) groups excluding carboxylic acids is 1. The highest BCUT2D eigenvalue weighted by atomic mass is 16.5. The Kier molecular flexibility index (Phi) is 7.79. The van der Waals surface area contributed by atoms with Gasteiger partial charge in [-0.3, -0.25) is 15.6 Å². The number of carbonyl (C=O) groups is 1. The zero-order valence-corrected chi connectivity index (χ0v) is 19.2. The number of hydrogen-bond donors (Lipinski definition) is 3. The number of rotatable bonds is 8. The van der Waals surface area contributed by atoms with Crippen LogP contribution in [0.2, 0.25) is 0 Å². The second-order valence-corrected chi connectivity index (χ2v) is 9.39. The molecule has 2 aliphatic heterocycles. The van der Waals surface area contributed by atoms with Gasteiger partial charge in [0.15, 0.2) is 0 Å². The number of piperidine rings is 1. The van der Waals surface area contributed by atoms with Gasteiger partial charge in [0, 0.05) is 43.8 Å². The van der Waals surface area contributed by atoms with Crippen molar-refractivity contribution in [3.63, 3.8) is 0 Å².